The van der Waals surface area contributed by atoms with E-state index in [9.17, 15) is 0 Å². The molecule has 1 N–H and O–H groups in total. The summed E-state index contributed by atoms with van der Waals surface area (Å²) >= 11 is 4.15. The zero-order chi connectivity index (χ0) is 38.8. The van der Waals surface area contributed by atoms with Gasteiger partial charge in [-0.15, -0.1) is 0 Å². The number of allylic oxidation sites excluding steroid dienone is 3. The van der Waals surface area contributed by atoms with Gasteiger partial charge >= 0.3 is 0 Å². The van der Waals surface area contributed by atoms with Crippen LogP contribution in [0.3, 0.4) is 0 Å². The Morgan fingerprint density at radius 2 is 0.982 bits per heavy atom. The largest absolute Gasteiger partial charge is 0.497 e. The van der Waals surface area contributed by atoms with Crippen LogP contribution in [0.15, 0.2) is 155 Å². The first-order chi connectivity index (χ1) is 28.0. The molecular formula is C48H35BrN4O4. The number of aromatic nitrogens is 2. The second kappa shape index (κ2) is 13.7. The van der Waals surface area contributed by atoms with Crippen molar-refractivity contribution in [3.8, 4) is 34.1 Å². The van der Waals surface area contributed by atoms with Gasteiger partial charge in [-0.05, 0) is 123 Å². The van der Waals surface area contributed by atoms with Gasteiger partial charge in [-0.2, -0.15) is 0 Å². The third kappa shape index (κ3) is 5.57. The molecule has 0 amide bonds. The zero-order valence-corrected chi connectivity index (χ0v) is 33.1. The fraction of sp³-hybridized carbons (Fsp3) is 0.0833. The third-order valence-corrected chi connectivity index (χ3v) is 11.6. The van der Waals surface area contributed by atoms with Gasteiger partial charge in [0.25, 0.3) is 0 Å². The number of benzene rings is 4. The van der Waals surface area contributed by atoms with E-state index in [1.165, 1.54) is 0 Å². The summed E-state index contributed by atoms with van der Waals surface area (Å²) < 4.78 is 25.4. The molecule has 0 spiro atoms. The van der Waals surface area contributed by atoms with Crippen LogP contribution in [0.1, 0.15) is 27.9 Å². The van der Waals surface area contributed by atoms with Gasteiger partial charge in [0.15, 0.2) is 0 Å². The molecule has 0 saturated carbocycles. The number of fused-ring (bicyclic) bond motifs is 4. The van der Waals surface area contributed by atoms with Crippen molar-refractivity contribution in [2.45, 2.75) is 0 Å². The molecule has 10 rings (SSSR count). The lowest BCUT2D eigenvalue weighted by molar-refractivity contribution is 0.414. The van der Waals surface area contributed by atoms with Gasteiger partial charge in [0.05, 0.1) is 61.2 Å². The molecule has 0 fully saturated rings. The summed E-state index contributed by atoms with van der Waals surface area (Å²) in [7, 11) is 6.73. The fourth-order valence-electron chi connectivity index (χ4n) is 8.10. The van der Waals surface area contributed by atoms with Crippen LogP contribution in [0.25, 0.3) is 37.8 Å². The van der Waals surface area contributed by atoms with Crippen LogP contribution in [0.2, 0.25) is 0 Å². The Bertz CT molecular complexity index is 3080. The number of aliphatic imine (C=N–C) groups is 1. The summed E-state index contributed by atoms with van der Waals surface area (Å²) in [5.74, 6) is 3.13. The van der Waals surface area contributed by atoms with Crippen molar-refractivity contribution in [3.63, 3.8) is 0 Å². The maximum atomic E-state index is 5.59. The molecular weight excluding hydrogens is 776 g/mol. The second-order valence-electron chi connectivity index (χ2n) is 13.8. The van der Waals surface area contributed by atoms with Crippen molar-refractivity contribution in [2.24, 2.45) is 9.98 Å². The van der Waals surface area contributed by atoms with Crippen molar-refractivity contribution in [1.82, 2.24) is 9.38 Å². The minimum absolute atomic E-state index is 0.774. The molecule has 57 heavy (non-hydrogen) atoms. The molecule has 3 aliphatic rings. The van der Waals surface area contributed by atoms with Crippen molar-refractivity contribution in [3.05, 3.63) is 189 Å². The molecule has 3 aromatic heterocycles. The van der Waals surface area contributed by atoms with E-state index in [0.717, 1.165) is 122 Å². The van der Waals surface area contributed by atoms with Crippen LogP contribution in [0.4, 0.5) is 0 Å². The molecule has 6 heterocycles. The molecule has 0 aliphatic carbocycles. The fourth-order valence-corrected chi connectivity index (χ4v) is 8.76. The van der Waals surface area contributed by atoms with Gasteiger partial charge < -0.3 is 23.9 Å². The number of rotatable bonds is 8. The third-order valence-electron chi connectivity index (χ3n) is 10.9. The predicted molar refractivity (Wildman–Crippen MR) is 229 cm³/mol. The van der Waals surface area contributed by atoms with Gasteiger partial charge in [0, 0.05) is 38.5 Å². The highest BCUT2D eigenvalue weighted by Crippen LogP contribution is 2.44. The van der Waals surface area contributed by atoms with Crippen LogP contribution < -0.4 is 35.1 Å². The summed E-state index contributed by atoms with van der Waals surface area (Å²) in [4.78, 5) is 14.8. The number of nitrogens with zero attached hydrogens (tertiary/aromatic N) is 3. The van der Waals surface area contributed by atoms with E-state index >= 15 is 0 Å². The van der Waals surface area contributed by atoms with Crippen molar-refractivity contribution in [2.75, 3.05) is 28.4 Å². The van der Waals surface area contributed by atoms with E-state index in [1.54, 1.807) is 28.4 Å². The number of nitrogens with one attached hydrogen (secondary N) is 1. The highest BCUT2D eigenvalue weighted by molar-refractivity contribution is 9.15. The maximum absolute atomic E-state index is 5.59. The van der Waals surface area contributed by atoms with Gasteiger partial charge in [-0.3, -0.25) is 4.40 Å². The lowest BCUT2D eigenvalue weighted by Crippen LogP contribution is -2.20. The zero-order valence-electron chi connectivity index (χ0n) is 31.6. The minimum atomic E-state index is 0.774. The second-order valence-corrected chi connectivity index (χ2v) is 14.6. The van der Waals surface area contributed by atoms with Gasteiger partial charge in [0.2, 0.25) is 0 Å². The summed E-state index contributed by atoms with van der Waals surface area (Å²) in [5, 5.41) is 1.83. The molecule has 0 atom stereocenters. The van der Waals surface area contributed by atoms with Crippen LogP contribution >= 0.6 is 15.9 Å². The summed E-state index contributed by atoms with van der Waals surface area (Å²) in [5.41, 5.74) is 14.3. The van der Waals surface area contributed by atoms with E-state index in [1.807, 2.05) is 48.5 Å². The number of hydrogen-bond acceptors (Lipinski definition) is 6. The smallest absolute Gasteiger partial charge is 0.147 e. The number of ether oxygens (including phenoxy) is 4. The summed E-state index contributed by atoms with van der Waals surface area (Å²) in [6.07, 6.45) is 4.22. The van der Waals surface area contributed by atoms with E-state index < -0.39 is 0 Å². The molecule has 0 unspecified atom stereocenters. The summed E-state index contributed by atoms with van der Waals surface area (Å²) in [6, 6.07) is 41.3. The number of H-pyrrole nitrogens is 1. The Morgan fingerprint density at radius 3 is 1.53 bits per heavy atom. The number of hydrogen-bond donors (Lipinski definition) is 1. The molecule has 278 valence electrons. The topological polar surface area (TPSA) is 81.8 Å². The van der Waals surface area contributed by atoms with E-state index in [-0.39, 0.29) is 0 Å². The lowest BCUT2D eigenvalue weighted by Gasteiger charge is -2.12. The monoisotopic (exact) mass is 810 g/mol. The van der Waals surface area contributed by atoms with Crippen LogP contribution in [0, 0.1) is 0 Å². The minimum Gasteiger partial charge on any atom is -0.497 e. The van der Waals surface area contributed by atoms with Gasteiger partial charge in [0.1, 0.15) is 28.5 Å². The highest BCUT2D eigenvalue weighted by atomic mass is 79.9. The number of methoxy groups -OCH3 is 4. The first-order valence-corrected chi connectivity index (χ1v) is 19.3. The molecule has 9 heteroatoms. The Labute approximate surface area is 336 Å². The number of aromatic amines is 1. The van der Waals surface area contributed by atoms with Crippen LogP contribution in [-0.2, 0) is 0 Å². The Kier molecular flexibility index (Phi) is 8.34. The SMILES string of the molecule is COc1ccc(C2=C3C=CC(=N3)C(c3ccc(OC)cc3)=c3ccc([nH]3)=C(c3ccc(OC)cc3)C3=C(Br)c4c(-c5ccc(OC)cc5)c5ccc2n5c4=N3)cc1. The average Bonchev–Trinajstić information content (AvgIpc) is 4.11. The Balaban J connectivity index is 1.36. The van der Waals surface area contributed by atoms with E-state index in [2.05, 4.69) is 110 Å². The normalized spacial score (nSPS) is 14.4. The van der Waals surface area contributed by atoms with E-state index in [0.29, 0.717) is 0 Å². The van der Waals surface area contributed by atoms with E-state index in [4.69, 9.17) is 28.9 Å². The average molecular weight is 812 g/mol. The standard InChI is InChI=1S/C48H35BrN4O4/c1-54-31-13-5-27(6-14-31)41-35-21-23-37(50-35)42(28-7-15-32(55-2)16-8-28)39-25-26-40-44(30-11-19-34(57-4)20-12-30)45-46(49)47(52-48(45)53(39)40)43(38-24-22-36(41)51-38)29-9-17-33(56-3)18-10-29/h5-26,51H,1-4H3. The molecule has 7 aromatic rings. The molecule has 3 aliphatic heterocycles. The molecule has 8 nitrogen and oxygen atoms in total. The molecule has 0 saturated heterocycles. The van der Waals surface area contributed by atoms with Crippen LogP contribution in [0.5, 0.6) is 23.0 Å². The van der Waals surface area contributed by atoms with Gasteiger partial charge in [-0.25, -0.2) is 9.98 Å². The maximum Gasteiger partial charge on any atom is 0.147 e. The van der Waals surface area contributed by atoms with Crippen LogP contribution in [-0.4, -0.2) is 43.5 Å². The first-order valence-electron chi connectivity index (χ1n) is 18.5. The molecule has 6 bridgehead atoms. The number of halogens is 1. The lowest BCUT2D eigenvalue weighted by atomic mass is 9.98. The van der Waals surface area contributed by atoms with Crippen molar-refractivity contribution in [1.29, 1.82) is 0 Å². The summed E-state index contributed by atoms with van der Waals surface area (Å²) in [6.45, 7) is 0. The first kappa shape index (κ1) is 34.6. The molecule has 0 radical (unpaired) electrons. The quantitative estimate of drug-likeness (QED) is 0.168. The van der Waals surface area contributed by atoms with Crippen molar-refractivity contribution < 1.29 is 18.9 Å². The van der Waals surface area contributed by atoms with Gasteiger partial charge in [-0.1, -0.05) is 48.5 Å². The highest BCUT2D eigenvalue weighted by Gasteiger charge is 2.31. The predicted octanol–water partition coefficient (Wildman–Crippen LogP) is 8.27. The van der Waals surface area contributed by atoms with Crippen molar-refractivity contribution >= 4 is 48.4 Å². The Morgan fingerprint density at radius 1 is 0.491 bits per heavy atom. The molecule has 4 aromatic carbocycles. The Hall–Kier alpha value is -6.84.